The third-order valence-electron chi connectivity index (χ3n) is 1.88. The van der Waals surface area contributed by atoms with Crippen LogP contribution < -0.4 is 11.1 Å². The monoisotopic (exact) mass is 245 g/mol. The van der Waals surface area contributed by atoms with Crippen molar-refractivity contribution in [1.29, 1.82) is 0 Å². The Balaban J connectivity index is 3.33. The molecule has 0 spiro atoms. The predicted octanol–water partition coefficient (Wildman–Crippen LogP) is 0.128. The topological polar surface area (TPSA) is 115 Å². The van der Waals surface area contributed by atoms with Gasteiger partial charge in [-0.15, -0.1) is 0 Å². The van der Waals surface area contributed by atoms with E-state index in [1.54, 1.807) is 0 Å². The average Bonchev–Trinajstić information content (AvgIpc) is 2.17. The predicted molar refractivity (Wildman–Crippen MR) is 58.6 cm³/mol. The zero-order valence-corrected chi connectivity index (χ0v) is 9.32. The SMILES string of the molecule is CNCS(=O)(=O)c1cc([N+](=O)[O-])ccc1N. The molecule has 0 aromatic heterocycles. The van der Waals surface area contributed by atoms with E-state index in [2.05, 4.69) is 5.32 Å². The molecule has 0 heterocycles. The largest absolute Gasteiger partial charge is 0.398 e. The highest BCUT2D eigenvalue weighted by Crippen LogP contribution is 2.24. The number of anilines is 1. The molecule has 0 saturated carbocycles. The summed E-state index contributed by atoms with van der Waals surface area (Å²) in [5, 5.41) is 13.0. The maximum absolute atomic E-state index is 11.7. The Hall–Kier alpha value is -1.67. The van der Waals surface area contributed by atoms with Crippen LogP contribution in [-0.4, -0.2) is 26.3 Å². The molecule has 1 rings (SSSR count). The second kappa shape index (κ2) is 4.45. The van der Waals surface area contributed by atoms with Crippen LogP contribution in [0, 0.1) is 10.1 Å². The molecule has 0 bridgehead atoms. The summed E-state index contributed by atoms with van der Waals surface area (Å²) in [4.78, 5) is 9.61. The molecule has 88 valence electrons. The van der Waals surface area contributed by atoms with Crippen molar-refractivity contribution in [1.82, 2.24) is 5.32 Å². The van der Waals surface area contributed by atoms with Gasteiger partial charge in [-0.05, 0) is 13.1 Å². The maximum atomic E-state index is 11.7. The third kappa shape index (κ3) is 2.47. The van der Waals surface area contributed by atoms with Crippen molar-refractivity contribution < 1.29 is 13.3 Å². The molecule has 1 aromatic carbocycles. The first-order chi connectivity index (χ1) is 7.38. The molecule has 0 aliphatic heterocycles. The number of nitrogens with zero attached hydrogens (tertiary/aromatic N) is 1. The second-order valence-electron chi connectivity index (χ2n) is 3.09. The van der Waals surface area contributed by atoms with Crippen molar-refractivity contribution in [2.45, 2.75) is 4.90 Å². The molecule has 0 radical (unpaired) electrons. The van der Waals surface area contributed by atoms with Gasteiger partial charge in [-0.3, -0.25) is 10.1 Å². The first-order valence-electron chi connectivity index (χ1n) is 4.30. The van der Waals surface area contributed by atoms with E-state index in [1.165, 1.54) is 13.1 Å². The van der Waals surface area contributed by atoms with E-state index in [4.69, 9.17) is 5.73 Å². The summed E-state index contributed by atoms with van der Waals surface area (Å²) < 4.78 is 23.3. The van der Waals surface area contributed by atoms with Gasteiger partial charge >= 0.3 is 0 Å². The van der Waals surface area contributed by atoms with Crippen LogP contribution >= 0.6 is 0 Å². The van der Waals surface area contributed by atoms with Crippen LogP contribution in [0.15, 0.2) is 23.1 Å². The van der Waals surface area contributed by atoms with Crippen LogP contribution in [0.1, 0.15) is 0 Å². The van der Waals surface area contributed by atoms with Gasteiger partial charge in [0, 0.05) is 12.1 Å². The Morgan fingerprint density at radius 3 is 2.62 bits per heavy atom. The first kappa shape index (κ1) is 12.4. The van der Waals surface area contributed by atoms with Crippen LogP contribution in [0.2, 0.25) is 0 Å². The molecule has 0 aliphatic rings. The molecular formula is C8H11N3O4S. The minimum atomic E-state index is -3.64. The second-order valence-corrected chi connectivity index (χ2v) is 5.05. The molecule has 8 heteroatoms. The minimum absolute atomic E-state index is 0.000787. The molecule has 0 unspecified atom stereocenters. The number of nitrogens with two attached hydrogens (primary N) is 1. The van der Waals surface area contributed by atoms with Gasteiger partial charge in [-0.25, -0.2) is 8.42 Å². The van der Waals surface area contributed by atoms with Crippen molar-refractivity contribution in [3.05, 3.63) is 28.3 Å². The lowest BCUT2D eigenvalue weighted by atomic mass is 10.3. The standard InChI is InChI=1S/C8H11N3O4S/c1-10-5-16(14,15)8-4-6(11(12)13)2-3-7(8)9/h2-4,10H,5,9H2,1H3. The quantitative estimate of drug-likeness (QED) is 0.442. The van der Waals surface area contributed by atoms with Gasteiger partial charge in [-0.2, -0.15) is 0 Å². The highest BCUT2D eigenvalue weighted by Gasteiger charge is 2.20. The van der Waals surface area contributed by atoms with E-state index in [0.717, 1.165) is 12.1 Å². The molecule has 16 heavy (non-hydrogen) atoms. The fourth-order valence-corrected chi connectivity index (χ4v) is 2.44. The lowest BCUT2D eigenvalue weighted by Gasteiger charge is -2.06. The molecule has 0 atom stereocenters. The zero-order chi connectivity index (χ0) is 12.3. The normalized spacial score (nSPS) is 11.3. The highest BCUT2D eigenvalue weighted by atomic mass is 32.2. The van der Waals surface area contributed by atoms with Crippen molar-refractivity contribution in [2.24, 2.45) is 0 Å². The number of benzene rings is 1. The van der Waals surface area contributed by atoms with E-state index in [9.17, 15) is 18.5 Å². The van der Waals surface area contributed by atoms with Crippen LogP contribution in [0.3, 0.4) is 0 Å². The van der Waals surface area contributed by atoms with Gasteiger partial charge in [-0.1, -0.05) is 0 Å². The third-order valence-corrected chi connectivity index (χ3v) is 3.57. The molecule has 1 aromatic rings. The summed E-state index contributed by atoms with van der Waals surface area (Å²) in [7, 11) is -2.17. The lowest BCUT2D eigenvalue weighted by Crippen LogP contribution is -2.20. The number of hydrogen-bond donors (Lipinski definition) is 2. The van der Waals surface area contributed by atoms with Gasteiger partial charge in [0.15, 0.2) is 9.84 Å². The molecule has 0 amide bonds. The molecular weight excluding hydrogens is 234 g/mol. The summed E-state index contributed by atoms with van der Waals surface area (Å²) in [6, 6.07) is 3.33. The van der Waals surface area contributed by atoms with E-state index in [-0.39, 0.29) is 22.1 Å². The molecule has 0 saturated heterocycles. The lowest BCUT2D eigenvalue weighted by molar-refractivity contribution is -0.385. The number of rotatable bonds is 4. The number of nitro groups is 1. The number of hydrogen-bond acceptors (Lipinski definition) is 6. The van der Waals surface area contributed by atoms with Crippen molar-refractivity contribution >= 4 is 21.2 Å². The summed E-state index contributed by atoms with van der Waals surface area (Å²) in [6.07, 6.45) is 0. The van der Waals surface area contributed by atoms with Crippen molar-refractivity contribution in [2.75, 3.05) is 18.7 Å². The van der Waals surface area contributed by atoms with E-state index >= 15 is 0 Å². The van der Waals surface area contributed by atoms with Gasteiger partial charge < -0.3 is 11.1 Å². The zero-order valence-electron chi connectivity index (χ0n) is 8.50. The van der Waals surface area contributed by atoms with E-state index < -0.39 is 14.8 Å². The summed E-state index contributed by atoms with van der Waals surface area (Å²) >= 11 is 0. The average molecular weight is 245 g/mol. The minimum Gasteiger partial charge on any atom is -0.398 e. The first-order valence-corrected chi connectivity index (χ1v) is 5.95. The summed E-state index contributed by atoms with van der Waals surface area (Å²) in [6.45, 7) is 0. The fourth-order valence-electron chi connectivity index (χ4n) is 1.17. The van der Waals surface area contributed by atoms with Crippen LogP contribution in [-0.2, 0) is 9.84 Å². The molecule has 0 aliphatic carbocycles. The Kier molecular flexibility index (Phi) is 3.45. The van der Waals surface area contributed by atoms with Crippen LogP contribution in [0.25, 0.3) is 0 Å². The number of nitro benzene ring substituents is 1. The maximum Gasteiger partial charge on any atom is 0.270 e. The molecule has 3 N–H and O–H groups in total. The van der Waals surface area contributed by atoms with Gasteiger partial charge in [0.1, 0.15) is 5.88 Å². The Bertz CT molecular complexity index is 512. The smallest absolute Gasteiger partial charge is 0.270 e. The van der Waals surface area contributed by atoms with Gasteiger partial charge in [0.05, 0.1) is 15.5 Å². The summed E-state index contributed by atoms with van der Waals surface area (Å²) in [5.41, 5.74) is 5.18. The van der Waals surface area contributed by atoms with E-state index in [1.807, 2.05) is 0 Å². The number of nitrogens with one attached hydrogen (secondary N) is 1. The van der Waals surface area contributed by atoms with Crippen molar-refractivity contribution in [3.63, 3.8) is 0 Å². The summed E-state index contributed by atoms with van der Waals surface area (Å²) in [5.74, 6) is -0.321. The van der Waals surface area contributed by atoms with Gasteiger partial charge in [0.25, 0.3) is 5.69 Å². The highest BCUT2D eigenvalue weighted by molar-refractivity contribution is 7.91. The Labute approximate surface area is 92.3 Å². The van der Waals surface area contributed by atoms with Crippen LogP contribution in [0.5, 0.6) is 0 Å². The molecule has 7 nitrogen and oxygen atoms in total. The Morgan fingerprint density at radius 2 is 2.12 bits per heavy atom. The molecule has 0 fully saturated rings. The fraction of sp³-hybridized carbons (Fsp3) is 0.250. The van der Waals surface area contributed by atoms with Crippen LogP contribution in [0.4, 0.5) is 11.4 Å². The van der Waals surface area contributed by atoms with Gasteiger partial charge in [0.2, 0.25) is 0 Å². The number of non-ortho nitro benzene ring substituents is 1. The number of sulfone groups is 1. The number of nitrogen functional groups attached to an aromatic ring is 1. The van der Waals surface area contributed by atoms with Crippen molar-refractivity contribution in [3.8, 4) is 0 Å². The van der Waals surface area contributed by atoms with E-state index in [0.29, 0.717) is 0 Å². The Morgan fingerprint density at radius 1 is 1.50 bits per heavy atom.